The maximum atomic E-state index is 11.6. The van der Waals surface area contributed by atoms with Crippen molar-refractivity contribution in [1.29, 1.82) is 0 Å². The van der Waals surface area contributed by atoms with Crippen LogP contribution in [0.3, 0.4) is 0 Å². The first-order valence-electron chi connectivity index (χ1n) is 5.35. The summed E-state index contributed by atoms with van der Waals surface area (Å²) in [5.41, 5.74) is 0.620. The van der Waals surface area contributed by atoms with Gasteiger partial charge in [-0.05, 0) is 18.2 Å². The number of nitrogens with one attached hydrogen (secondary N) is 2. The van der Waals surface area contributed by atoms with E-state index in [1.807, 2.05) is 6.07 Å². The predicted octanol–water partition coefficient (Wildman–Crippen LogP) is 0.293. The number of fused-ring (bicyclic) bond motifs is 1. The Morgan fingerprint density at radius 2 is 2.12 bits per heavy atom. The van der Waals surface area contributed by atoms with Gasteiger partial charge in [-0.1, -0.05) is 6.07 Å². The molecule has 0 saturated carbocycles. The molecule has 0 bridgehead atoms. The smallest absolute Gasteiger partial charge is 0.255 e. The van der Waals surface area contributed by atoms with E-state index in [-0.39, 0.29) is 18.7 Å². The van der Waals surface area contributed by atoms with E-state index in [9.17, 15) is 9.90 Å². The number of hydrogen-bond acceptors (Lipinski definition) is 4. The second-order valence-corrected chi connectivity index (χ2v) is 3.79. The van der Waals surface area contributed by atoms with Crippen LogP contribution in [-0.4, -0.2) is 34.5 Å². The lowest BCUT2D eigenvalue weighted by Crippen LogP contribution is -2.23. The Morgan fingerprint density at radius 3 is 2.88 bits per heavy atom. The zero-order valence-corrected chi connectivity index (χ0v) is 9.18. The van der Waals surface area contributed by atoms with Crippen LogP contribution < -0.4 is 10.9 Å². The van der Waals surface area contributed by atoms with Gasteiger partial charge in [-0.2, -0.15) is 0 Å². The van der Waals surface area contributed by atoms with Crippen LogP contribution in [0.4, 0.5) is 5.69 Å². The molecular weight excluding hydrogens is 220 g/mol. The highest BCUT2D eigenvalue weighted by Crippen LogP contribution is 2.19. The third-order valence-electron chi connectivity index (χ3n) is 2.55. The van der Waals surface area contributed by atoms with E-state index in [1.54, 1.807) is 24.4 Å². The molecule has 0 saturated heterocycles. The van der Waals surface area contributed by atoms with Crippen LogP contribution in [0.1, 0.15) is 0 Å². The number of anilines is 1. The molecule has 1 heterocycles. The fourth-order valence-corrected chi connectivity index (χ4v) is 1.67. The van der Waals surface area contributed by atoms with E-state index >= 15 is 0 Å². The number of aliphatic hydroxyl groups excluding tert-OH is 2. The van der Waals surface area contributed by atoms with Crippen LogP contribution in [0, 0.1) is 0 Å². The molecule has 2 aromatic rings. The van der Waals surface area contributed by atoms with E-state index < -0.39 is 6.10 Å². The minimum absolute atomic E-state index is 0.145. The van der Waals surface area contributed by atoms with Gasteiger partial charge >= 0.3 is 0 Å². The standard InChI is InChI=1S/C12H14N2O3/c15-7-8(16)6-14-11-3-1-2-10-9(11)4-5-13-12(10)17/h1-5,8,14-16H,6-7H2,(H,13,17). The Hall–Kier alpha value is -1.85. The number of aliphatic hydroxyl groups is 2. The molecule has 2 rings (SSSR count). The first-order chi connectivity index (χ1) is 8.22. The fourth-order valence-electron chi connectivity index (χ4n) is 1.67. The molecule has 0 radical (unpaired) electrons. The third-order valence-corrected chi connectivity index (χ3v) is 2.55. The van der Waals surface area contributed by atoms with Crippen molar-refractivity contribution in [2.24, 2.45) is 0 Å². The number of aromatic amines is 1. The molecule has 0 spiro atoms. The second-order valence-electron chi connectivity index (χ2n) is 3.79. The molecule has 1 unspecified atom stereocenters. The van der Waals surface area contributed by atoms with Gasteiger partial charge < -0.3 is 20.5 Å². The molecule has 1 atom stereocenters. The SMILES string of the molecule is O=c1[nH]ccc2c(NCC(O)CO)cccc12. The number of aromatic nitrogens is 1. The Morgan fingerprint density at radius 1 is 1.29 bits per heavy atom. The van der Waals surface area contributed by atoms with Gasteiger partial charge in [0.25, 0.3) is 5.56 Å². The number of benzene rings is 1. The molecule has 1 aromatic heterocycles. The van der Waals surface area contributed by atoms with Crippen LogP contribution in [0.25, 0.3) is 10.8 Å². The van der Waals surface area contributed by atoms with Crippen LogP contribution in [0.2, 0.25) is 0 Å². The lowest BCUT2D eigenvalue weighted by atomic mass is 10.1. The summed E-state index contributed by atoms with van der Waals surface area (Å²) >= 11 is 0. The number of rotatable bonds is 4. The molecule has 1 aromatic carbocycles. The molecule has 0 aliphatic rings. The minimum atomic E-state index is -0.813. The summed E-state index contributed by atoms with van der Waals surface area (Å²) in [6.45, 7) is -0.0548. The summed E-state index contributed by atoms with van der Waals surface area (Å²) in [6.07, 6.45) is 0.769. The van der Waals surface area contributed by atoms with Crippen molar-refractivity contribution in [2.75, 3.05) is 18.5 Å². The summed E-state index contributed by atoms with van der Waals surface area (Å²) in [5, 5.41) is 22.4. The maximum absolute atomic E-state index is 11.6. The lowest BCUT2D eigenvalue weighted by Gasteiger charge is -2.12. The average Bonchev–Trinajstić information content (AvgIpc) is 2.36. The zero-order chi connectivity index (χ0) is 12.3. The first kappa shape index (κ1) is 11.6. The molecule has 4 N–H and O–H groups in total. The fraction of sp³-hybridized carbons (Fsp3) is 0.250. The summed E-state index contributed by atoms with van der Waals surface area (Å²) in [5.74, 6) is 0. The summed E-state index contributed by atoms with van der Waals surface area (Å²) in [6, 6.07) is 7.13. The van der Waals surface area contributed by atoms with Gasteiger partial charge in [0.15, 0.2) is 0 Å². The first-order valence-corrected chi connectivity index (χ1v) is 5.35. The van der Waals surface area contributed by atoms with Crippen molar-refractivity contribution in [2.45, 2.75) is 6.10 Å². The van der Waals surface area contributed by atoms with Crippen LogP contribution in [0.5, 0.6) is 0 Å². The molecule has 0 aliphatic heterocycles. The third kappa shape index (κ3) is 2.46. The highest BCUT2D eigenvalue weighted by atomic mass is 16.3. The Kier molecular flexibility index (Phi) is 3.41. The second kappa shape index (κ2) is 4.99. The summed E-state index contributed by atoms with van der Waals surface area (Å²) < 4.78 is 0. The molecular formula is C12H14N2O3. The van der Waals surface area contributed by atoms with Gasteiger partial charge in [-0.25, -0.2) is 0 Å². The molecule has 0 aliphatic carbocycles. The number of hydrogen-bond donors (Lipinski definition) is 4. The van der Waals surface area contributed by atoms with Crippen LogP contribution in [0.15, 0.2) is 35.3 Å². The van der Waals surface area contributed by atoms with Gasteiger partial charge in [0.2, 0.25) is 0 Å². The molecule has 90 valence electrons. The van der Waals surface area contributed by atoms with Crippen molar-refractivity contribution in [3.05, 3.63) is 40.8 Å². The van der Waals surface area contributed by atoms with Crippen molar-refractivity contribution in [3.63, 3.8) is 0 Å². The average molecular weight is 234 g/mol. The van der Waals surface area contributed by atoms with Crippen molar-refractivity contribution in [1.82, 2.24) is 4.98 Å². The predicted molar refractivity (Wildman–Crippen MR) is 66.2 cm³/mol. The van der Waals surface area contributed by atoms with E-state index in [4.69, 9.17) is 5.11 Å². The van der Waals surface area contributed by atoms with Crippen molar-refractivity contribution >= 4 is 16.5 Å². The molecule has 0 amide bonds. The van der Waals surface area contributed by atoms with Gasteiger partial charge in [0, 0.05) is 29.2 Å². The Bertz CT molecular complexity index is 565. The van der Waals surface area contributed by atoms with Gasteiger partial charge in [0.1, 0.15) is 0 Å². The van der Waals surface area contributed by atoms with E-state index in [2.05, 4.69) is 10.3 Å². The summed E-state index contributed by atoms with van der Waals surface area (Å²) in [4.78, 5) is 14.2. The monoisotopic (exact) mass is 234 g/mol. The number of pyridine rings is 1. The minimum Gasteiger partial charge on any atom is -0.394 e. The quantitative estimate of drug-likeness (QED) is 0.612. The number of H-pyrrole nitrogens is 1. The highest BCUT2D eigenvalue weighted by Gasteiger charge is 2.05. The van der Waals surface area contributed by atoms with Crippen molar-refractivity contribution < 1.29 is 10.2 Å². The van der Waals surface area contributed by atoms with Gasteiger partial charge in [0.05, 0.1) is 12.7 Å². The topological polar surface area (TPSA) is 85.4 Å². The van der Waals surface area contributed by atoms with Gasteiger partial charge in [-0.15, -0.1) is 0 Å². The van der Waals surface area contributed by atoms with E-state index in [0.717, 1.165) is 11.1 Å². The zero-order valence-electron chi connectivity index (χ0n) is 9.18. The largest absolute Gasteiger partial charge is 0.394 e. The summed E-state index contributed by atoms with van der Waals surface area (Å²) in [7, 11) is 0. The van der Waals surface area contributed by atoms with E-state index in [0.29, 0.717) is 5.39 Å². The van der Waals surface area contributed by atoms with E-state index in [1.165, 1.54) is 0 Å². The normalized spacial score (nSPS) is 12.6. The van der Waals surface area contributed by atoms with Crippen LogP contribution >= 0.6 is 0 Å². The lowest BCUT2D eigenvalue weighted by molar-refractivity contribution is 0.105. The molecule has 5 heteroatoms. The highest BCUT2D eigenvalue weighted by molar-refractivity contribution is 5.93. The van der Waals surface area contributed by atoms with Gasteiger partial charge in [-0.3, -0.25) is 4.79 Å². The van der Waals surface area contributed by atoms with Crippen LogP contribution in [-0.2, 0) is 0 Å². The Balaban J connectivity index is 2.35. The molecule has 0 fully saturated rings. The maximum Gasteiger partial charge on any atom is 0.255 e. The Labute approximate surface area is 97.7 Å². The van der Waals surface area contributed by atoms with Crippen molar-refractivity contribution in [3.8, 4) is 0 Å². The molecule has 17 heavy (non-hydrogen) atoms. The molecule has 5 nitrogen and oxygen atoms in total.